The Kier molecular flexibility index (Phi) is 2.53. The Balaban J connectivity index is 2.22. The van der Waals surface area contributed by atoms with Crippen LogP contribution in [-0.2, 0) is 16.6 Å². The summed E-state index contributed by atoms with van der Waals surface area (Å²) in [6.45, 7) is 3.42. The zero-order valence-corrected chi connectivity index (χ0v) is 9.31. The van der Waals surface area contributed by atoms with Crippen LogP contribution in [-0.4, -0.2) is 41.4 Å². The van der Waals surface area contributed by atoms with Crippen molar-refractivity contribution >= 4 is 10.0 Å². The molecule has 1 aliphatic rings. The van der Waals surface area contributed by atoms with Crippen molar-refractivity contribution in [3.63, 3.8) is 0 Å². The van der Waals surface area contributed by atoms with Gasteiger partial charge in [0.25, 0.3) is 10.0 Å². The second kappa shape index (κ2) is 3.58. The van der Waals surface area contributed by atoms with Gasteiger partial charge in [-0.3, -0.25) is 0 Å². The molecule has 0 aliphatic carbocycles. The summed E-state index contributed by atoms with van der Waals surface area (Å²) in [4.78, 5) is 3.88. The average molecular weight is 230 g/mol. The molecule has 7 heteroatoms. The number of nitrogens with two attached hydrogens (primary N) is 1. The van der Waals surface area contributed by atoms with Crippen molar-refractivity contribution in [1.29, 1.82) is 0 Å². The van der Waals surface area contributed by atoms with Crippen molar-refractivity contribution in [2.45, 2.75) is 24.5 Å². The van der Waals surface area contributed by atoms with Crippen LogP contribution in [0, 0.1) is 0 Å². The summed E-state index contributed by atoms with van der Waals surface area (Å²) in [5.74, 6) is 0. The number of hydrogen-bond donors (Lipinski definition) is 1. The summed E-state index contributed by atoms with van der Waals surface area (Å²) in [5.41, 5.74) is 5.54. The minimum absolute atomic E-state index is 0.0342. The number of aryl methyl sites for hydroxylation is 1. The van der Waals surface area contributed by atoms with Crippen LogP contribution < -0.4 is 5.73 Å². The SMILES string of the molecule is CCn1cnc(S(=O)(=O)N2CC(N)C2)c1. The van der Waals surface area contributed by atoms with Crippen molar-refractivity contribution in [3.8, 4) is 0 Å². The third-order valence-electron chi connectivity index (χ3n) is 2.46. The molecule has 0 atom stereocenters. The zero-order valence-electron chi connectivity index (χ0n) is 8.50. The van der Waals surface area contributed by atoms with Gasteiger partial charge < -0.3 is 10.3 Å². The minimum atomic E-state index is -3.40. The predicted molar refractivity (Wildman–Crippen MR) is 54.6 cm³/mol. The van der Waals surface area contributed by atoms with Gasteiger partial charge in [0.2, 0.25) is 0 Å². The van der Waals surface area contributed by atoms with E-state index in [0.717, 1.165) is 0 Å². The van der Waals surface area contributed by atoms with Crippen LogP contribution in [0.5, 0.6) is 0 Å². The molecule has 0 bridgehead atoms. The Labute approximate surface area is 88.7 Å². The molecule has 84 valence electrons. The van der Waals surface area contributed by atoms with E-state index in [1.165, 1.54) is 10.6 Å². The maximum absolute atomic E-state index is 11.9. The number of sulfonamides is 1. The molecule has 2 heterocycles. The molecule has 0 amide bonds. The summed E-state index contributed by atoms with van der Waals surface area (Å²) >= 11 is 0. The molecular weight excluding hydrogens is 216 g/mol. The van der Waals surface area contributed by atoms with Crippen molar-refractivity contribution in [1.82, 2.24) is 13.9 Å². The molecule has 1 aromatic rings. The molecule has 6 nitrogen and oxygen atoms in total. The fraction of sp³-hybridized carbons (Fsp3) is 0.625. The van der Waals surface area contributed by atoms with E-state index in [0.29, 0.717) is 19.6 Å². The molecule has 0 spiro atoms. The molecule has 1 saturated heterocycles. The van der Waals surface area contributed by atoms with E-state index < -0.39 is 10.0 Å². The van der Waals surface area contributed by atoms with Gasteiger partial charge in [0.05, 0.1) is 6.33 Å². The van der Waals surface area contributed by atoms with E-state index in [-0.39, 0.29) is 11.1 Å². The van der Waals surface area contributed by atoms with Crippen LogP contribution in [0.1, 0.15) is 6.92 Å². The lowest BCUT2D eigenvalue weighted by Gasteiger charge is -2.34. The van der Waals surface area contributed by atoms with Crippen LogP contribution in [0.2, 0.25) is 0 Å². The molecule has 2 N–H and O–H groups in total. The molecule has 1 fully saturated rings. The van der Waals surface area contributed by atoms with E-state index in [9.17, 15) is 8.42 Å². The molecule has 1 aromatic heterocycles. The van der Waals surface area contributed by atoms with Crippen molar-refractivity contribution in [3.05, 3.63) is 12.5 Å². The number of aromatic nitrogens is 2. The quantitative estimate of drug-likeness (QED) is 0.739. The Morgan fingerprint density at radius 2 is 2.27 bits per heavy atom. The minimum Gasteiger partial charge on any atom is -0.336 e. The van der Waals surface area contributed by atoms with Crippen molar-refractivity contribution in [2.24, 2.45) is 5.73 Å². The lowest BCUT2D eigenvalue weighted by Crippen LogP contribution is -2.57. The van der Waals surface area contributed by atoms with Gasteiger partial charge in [-0.1, -0.05) is 0 Å². The van der Waals surface area contributed by atoms with Gasteiger partial charge in [0.15, 0.2) is 5.03 Å². The van der Waals surface area contributed by atoms with Crippen LogP contribution in [0.4, 0.5) is 0 Å². The molecule has 0 radical (unpaired) electrons. The molecule has 0 aromatic carbocycles. The third kappa shape index (κ3) is 1.77. The van der Waals surface area contributed by atoms with E-state index in [1.54, 1.807) is 10.8 Å². The highest BCUT2D eigenvalue weighted by Gasteiger charge is 2.35. The van der Waals surface area contributed by atoms with E-state index >= 15 is 0 Å². The Hall–Kier alpha value is -0.920. The fourth-order valence-corrected chi connectivity index (χ4v) is 2.93. The van der Waals surface area contributed by atoms with Crippen molar-refractivity contribution in [2.75, 3.05) is 13.1 Å². The smallest absolute Gasteiger partial charge is 0.262 e. The monoisotopic (exact) mass is 230 g/mol. The molecular formula is C8H14N4O2S. The first kappa shape index (κ1) is 10.6. The lowest BCUT2D eigenvalue weighted by molar-refractivity contribution is 0.265. The standard InChI is InChI=1S/C8H14N4O2S/c1-2-11-5-8(10-6-11)15(13,14)12-3-7(9)4-12/h5-7H,2-4,9H2,1H3. The maximum atomic E-state index is 11.9. The summed E-state index contributed by atoms with van der Waals surface area (Å²) in [6.07, 6.45) is 3.06. The predicted octanol–water partition coefficient (Wildman–Crippen LogP) is -0.765. The van der Waals surface area contributed by atoms with Gasteiger partial charge in [-0.15, -0.1) is 0 Å². The molecule has 0 saturated carbocycles. The van der Waals surface area contributed by atoms with Crippen LogP contribution >= 0.6 is 0 Å². The van der Waals surface area contributed by atoms with Gasteiger partial charge in [0.1, 0.15) is 0 Å². The van der Waals surface area contributed by atoms with E-state index in [2.05, 4.69) is 4.98 Å². The highest BCUT2D eigenvalue weighted by atomic mass is 32.2. The van der Waals surface area contributed by atoms with Crippen LogP contribution in [0.15, 0.2) is 17.6 Å². The fourth-order valence-electron chi connectivity index (χ4n) is 1.44. The second-order valence-corrected chi connectivity index (χ2v) is 5.51. The van der Waals surface area contributed by atoms with Crippen LogP contribution in [0.25, 0.3) is 0 Å². The zero-order chi connectivity index (χ0) is 11.1. The maximum Gasteiger partial charge on any atom is 0.262 e. The van der Waals surface area contributed by atoms with Gasteiger partial charge in [-0.05, 0) is 6.92 Å². The first-order valence-corrected chi connectivity index (χ1v) is 6.25. The lowest BCUT2D eigenvalue weighted by atomic mass is 10.2. The first-order chi connectivity index (χ1) is 7.04. The van der Waals surface area contributed by atoms with E-state index in [1.807, 2.05) is 6.92 Å². The third-order valence-corrected chi connectivity index (χ3v) is 4.17. The highest BCUT2D eigenvalue weighted by molar-refractivity contribution is 7.89. The van der Waals surface area contributed by atoms with Gasteiger partial charge in [0, 0.05) is 31.9 Å². The first-order valence-electron chi connectivity index (χ1n) is 4.81. The number of imidazole rings is 1. The summed E-state index contributed by atoms with van der Waals surface area (Å²) in [6, 6.07) is -0.0342. The van der Waals surface area contributed by atoms with E-state index in [4.69, 9.17) is 5.73 Å². The normalized spacial score (nSPS) is 19.1. The summed E-state index contributed by atoms with van der Waals surface area (Å²) < 4.78 is 26.8. The average Bonchev–Trinajstić information content (AvgIpc) is 2.61. The molecule has 15 heavy (non-hydrogen) atoms. The van der Waals surface area contributed by atoms with Gasteiger partial charge >= 0.3 is 0 Å². The second-order valence-electron chi connectivity index (χ2n) is 3.62. The molecule has 2 rings (SSSR count). The Morgan fingerprint density at radius 1 is 1.60 bits per heavy atom. The number of nitrogens with zero attached hydrogens (tertiary/aromatic N) is 3. The van der Waals surface area contributed by atoms with Crippen molar-refractivity contribution < 1.29 is 8.42 Å². The van der Waals surface area contributed by atoms with Gasteiger partial charge in [-0.25, -0.2) is 13.4 Å². The summed E-state index contributed by atoms with van der Waals surface area (Å²) in [7, 11) is -3.40. The number of rotatable bonds is 3. The Morgan fingerprint density at radius 3 is 2.73 bits per heavy atom. The summed E-state index contributed by atoms with van der Waals surface area (Å²) in [5, 5.41) is 0.108. The Bertz CT molecular complexity index is 447. The van der Waals surface area contributed by atoms with Gasteiger partial charge in [-0.2, -0.15) is 4.31 Å². The number of hydrogen-bond acceptors (Lipinski definition) is 4. The van der Waals surface area contributed by atoms with Crippen LogP contribution in [0.3, 0.4) is 0 Å². The highest BCUT2D eigenvalue weighted by Crippen LogP contribution is 2.18. The topological polar surface area (TPSA) is 81.2 Å². The molecule has 1 aliphatic heterocycles. The molecule has 0 unspecified atom stereocenters. The largest absolute Gasteiger partial charge is 0.336 e.